The van der Waals surface area contributed by atoms with Crippen LogP contribution in [0.4, 0.5) is 30.2 Å². The van der Waals surface area contributed by atoms with Crippen molar-refractivity contribution < 1.29 is 31.9 Å². The molecule has 0 aliphatic carbocycles. The number of anilines is 3. The summed E-state index contributed by atoms with van der Waals surface area (Å²) < 4.78 is 50.8. The lowest BCUT2D eigenvalue weighted by atomic mass is 10.1. The van der Waals surface area contributed by atoms with Gasteiger partial charge in [-0.15, -0.1) is 0 Å². The van der Waals surface area contributed by atoms with Crippen LogP contribution in [0.25, 0.3) is 0 Å². The number of amides is 2. The molecule has 0 radical (unpaired) electrons. The zero-order valence-corrected chi connectivity index (χ0v) is 17.0. The van der Waals surface area contributed by atoms with Crippen LogP contribution in [0.5, 0.6) is 5.75 Å². The Morgan fingerprint density at radius 2 is 1.72 bits per heavy atom. The Labute approximate surface area is 181 Å². The number of carbonyl (C=O) groups is 2. The smallest absolute Gasteiger partial charge is 0.418 e. The van der Waals surface area contributed by atoms with Crippen LogP contribution < -0.4 is 20.7 Å². The molecule has 2 amide bonds. The average Bonchev–Trinajstić information content (AvgIpc) is 3.29. The maximum absolute atomic E-state index is 13.5. The Kier molecular flexibility index (Phi) is 7.04. The standard InChI is InChI=1S/C22H20F3N3O4/c1-2-31-16-8-5-14(6-9-16)27-20(29)13-26-18-10-7-15(12-17(18)22(23,24)25)28-21(30)19-4-3-11-32-19/h3-12,26H,2,13H2,1H3,(H,27,29)(H,28,30). The predicted octanol–water partition coefficient (Wildman–Crippen LogP) is 5.00. The van der Waals surface area contributed by atoms with Crippen molar-refractivity contribution in [2.75, 3.05) is 29.1 Å². The van der Waals surface area contributed by atoms with E-state index in [1.54, 1.807) is 24.3 Å². The number of hydrogen-bond acceptors (Lipinski definition) is 5. The van der Waals surface area contributed by atoms with E-state index in [0.717, 1.165) is 12.1 Å². The highest BCUT2D eigenvalue weighted by atomic mass is 19.4. The first-order valence-electron chi connectivity index (χ1n) is 9.59. The predicted molar refractivity (Wildman–Crippen MR) is 113 cm³/mol. The van der Waals surface area contributed by atoms with Gasteiger partial charge < -0.3 is 25.1 Å². The van der Waals surface area contributed by atoms with Crippen molar-refractivity contribution in [2.45, 2.75) is 13.1 Å². The summed E-state index contributed by atoms with van der Waals surface area (Å²) >= 11 is 0. The highest BCUT2D eigenvalue weighted by molar-refractivity contribution is 6.02. The number of ether oxygens (including phenoxy) is 1. The van der Waals surface area contributed by atoms with Crippen molar-refractivity contribution in [1.29, 1.82) is 0 Å². The van der Waals surface area contributed by atoms with Gasteiger partial charge in [0.05, 0.1) is 25.0 Å². The second kappa shape index (κ2) is 9.90. The van der Waals surface area contributed by atoms with Crippen LogP contribution in [-0.4, -0.2) is 25.0 Å². The molecular weight excluding hydrogens is 427 g/mol. The van der Waals surface area contributed by atoms with Crippen molar-refractivity contribution in [3.63, 3.8) is 0 Å². The molecule has 0 unspecified atom stereocenters. The van der Waals surface area contributed by atoms with Gasteiger partial charge in [-0.1, -0.05) is 0 Å². The molecule has 1 heterocycles. The monoisotopic (exact) mass is 447 g/mol. The average molecular weight is 447 g/mol. The number of hydrogen-bond donors (Lipinski definition) is 3. The topological polar surface area (TPSA) is 92.6 Å². The quantitative estimate of drug-likeness (QED) is 0.452. The molecule has 0 aliphatic rings. The molecule has 3 N–H and O–H groups in total. The third-order valence-corrected chi connectivity index (χ3v) is 4.22. The maximum Gasteiger partial charge on any atom is 0.418 e. The van der Waals surface area contributed by atoms with E-state index >= 15 is 0 Å². The van der Waals surface area contributed by atoms with Crippen LogP contribution in [-0.2, 0) is 11.0 Å². The number of carbonyl (C=O) groups excluding carboxylic acids is 2. The molecule has 2 aromatic carbocycles. The summed E-state index contributed by atoms with van der Waals surface area (Å²) in [6.45, 7) is 1.95. The second-order valence-electron chi connectivity index (χ2n) is 6.55. The summed E-state index contributed by atoms with van der Waals surface area (Å²) in [6.07, 6.45) is -3.43. The summed E-state index contributed by atoms with van der Waals surface area (Å²) in [6, 6.07) is 12.7. The SMILES string of the molecule is CCOc1ccc(NC(=O)CNc2ccc(NC(=O)c3ccco3)cc2C(F)(F)F)cc1. The van der Waals surface area contributed by atoms with Gasteiger partial charge >= 0.3 is 6.18 Å². The fourth-order valence-corrected chi connectivity index (χ4v) is 2.79. The minimum Gasteiger partial charge on any atom is -0.494 e. The highest BCUT2D eigenvalue weighted by Gasteiger charge is 2.34. The summed E-state index contributed by atoms with van der Waals surface area (Å²) in [7, 11) is 0. The molecule has 0 aliphatic heterocycles. The minimum atomic E-state index is -4.71. The molecule has 32 heavy (non-hydrogen) atoms. The number of nitrogens with one attached hydrogen (secondary N) is 3. The molecule has 0 fully saturated rings. The van der Waals surface area contributed by atoms with E-state index < -0.39 is 30.1 Å². The first-order valence-corrected chi connectivity index (χ1v) is 9.59. The van der Waals surface area contributed by atoms with Crippen molar-refractivity contribution >= 4 is 28.9 Å². The van der Waals surface area contributed by atoms with Crippen LogP contribution in [0.3, 0.4) is 0 Å². The fraction of sp³-hybridized carbons (Fsp3) is 0.182. The fourth-order valence-electron chi connectivity index (χ4n) is 2.79. The van der Waals surface area contributed by atoms with Gasteiger partial charge in [0.1, 0.15) is 5.75 Å². The lowest BCUT2D eigenvalue weighted by Gasteiger charge is -2.16. The molecule has 168 valence electrons. The third-order valence-electron chi connectivity index (χ3n) is 4.22. The molecule has 3 aromatic rings. The van der Waals surface area contributed by atoms with Gasteiger partial charge in [0.2, 0.25) is 5.91 Å². The van der Waals surface area contributed by atoms with Gasteiger partial charge in [-0.3, -0.25) is 9.59 Å². The second-order valence-corrected chi connectivity index (χ2v) is 6.55. The zero-order valence-electron chi connectivity index (χ0n) is 17.0. The first kappa shape index (κ1) is 22.7. The number of benzene rings is 2. The van der Waals surface area contributed by atoms with Gasteiger partial charge in [-0.25, -0.2) is 0 Å². The third kappa shape index (κ3) is 6.03. The van der Waals surface area contributed by atoms with Crippen LogP contribution in [0.1, 0.15) is 23.0 Å². The highest BCUT2D eigenvalue weighted by Crippen LogP contribution is 2.36. The largest absolute Gasteiger partial charge is 0.494 e. The van der Waals surface area contributed by atoms with Crippen molar-refractivity contribution in [1.82, 2.24) is 0 Å². The molecular formula is C22H20F3N3O4. The molecule has 10 heteroatoms. The van der Waals surface area contributed by atoms with Crippen LogP contribution >= 0.6 is 0 Å². The Morgan fingerprint density at radius 3 is 2.34 bits per heavy atom. The molecule has 0 saturated heterocycles. The van der Waals surface area contributed by atoms with E-state index in [0.29, 0.717) is 18.0 Å². The van der Waals surface area contributed by atoms with Crippen molar-refractivity contribution in [3.05, 3.63) is 72.2 Å². The number of alkyl halides is 3. The lowest BCUT2D eigenvalue weighted by molar-refractivity contribution is -0.137. The van der Waals surface area contributed by atoms with Gasteiger partial charge in [0.25, 0.3) is 5.91 Å². The van der Waals surface area contributed by atoms with Gasteiger partial charge in [0.15, 0.2) is 5.76 Å². The van der Waals surface area contributed by atoms with E-state index in [1.165, 1.54) is 24.5 Å². The molecule has 0 atom stereocenters. The van der Waals surface area contributed by atoms with Gasteiger partial charge in [0, 0.05) is 17.1 Å². The van der Waals surface area contributed by atoms with Crippen molar-refractivity contribution in [3.8, 4) is 5.75 Å². The Hall–Kier alpha value is -3.95. The maximum atomic E-state index is 13.5. The van der Waals surface area contributed by atoms with E-state index in [9.17, 15) is 22.8 Å². The van der Waals surface area contributed by atoms with Crippen LogP contribution in [0.15, 0.2) is 65.3 Å². The summed E-state index contributed by atoms with van der Waals surface area (Å²) in [4.78, 5) is 24.2. The Morgan fingerprint density at radius 1 is 1.00 bits per heavy atom. The lowest BCUT2D eigenvalue weighted by Crippen LogP contribution is -2.23. The minimum absolute atomic E-state index is 0.0354. The molecule has 3 rings (SSSR count). The molecule has 1 aromatic heterocycles. The first-order chi connectivity index (χ1) is 15.3. The van der Waals surface area contributed by atoms with Gasteiger partial charge in [-0.05, 0) is 61.5 Å². The Balaban J connectivity index is 1.65. The molecule has 0 spiro atoms. The summed E-state index contributed by atoms with van der Waals surface area (Å²) in [5, 5.41) is 7.42. The normalized spacial score (nSPS) is 11.0. The Bertz CT molecular complexity index is 1070. The summed E-state index contributed by atoms with van der Waals surface area (Å²) in [5.41, 5.74) is -0.908. The number of furan rings is 1. The van der Waals surface area contributed by atoms with E-state index in [-0.39, 0.29) is 17.1 Å². The molecule has 7 nitrogen and oxygen atoms in total. The van der Waals surface area contributed by atoms with Gasteiger partial charge in [-0.2, -0.15) is 13.2 Å². The molecule has 0 bridgehead atoms. The van der Waals surface area contributed by atoms with E-state index in [2.05, 4.69) is 16.0 Å². The summed E-state index contributed by atoms with van der Waals surface area (Å²) in [5.74, 6) is -0.611. The van der Waals surface area contributed by atoms with E-state index in [4.69, 9.17) is 9.15 Å². The zero-order chi connectivity index (χ0) is 23.1. The van der Waals surface area contributed by atoms with Crippen LogP contribution in [0.2, 0.25) is 0 Å². The number of rotatable bonds is 8. The van der Waals surface area contributed by atoms with Crippen LogP contribution in [0, 0.1) is 0 Å². The number of halogens is 3. The molecule has 0 saturated carbocycles. The van der Waals surface area contributed by atoms with E-state index in [1.807, 2.05) is 6.92 Å². The van der Waals surface area contributed by atoms with Crippen molar-refractivity contribution in [2.24, 2.45) is 0 Å².